The minimum atomic E-state index is -0.853. The monoisotopic (exact) mass is 456 g/mol. The fraction of sp³-hybridized carbons (Fsp3) is 0.391. The van der Waals surface area contributed by atoms with Crippen LogP contribution in [-0.2, 0) is 24.4 Å². The third-order valence-electron chi connectivity index (χ3n) is 5.67. The van der Waals surface area contributed by atoms with Crippen molar-refractivity contribution in [2.75, 3.05) is 20.8 Å². The van der Waals surface area contributed by atoms with Gasteiger partial charge in [0.2, 0.25) is 5.91 Å². The number of hydrogen-bond acceptors (Lipinski definition) is 6. The predicted octanol–water partition coefficient (Wildman–Crippen LogP) is 0.925. The molecule has 10 nitrogen and oxygen atoms in total. The summed E-state index contributed by atoms with van der Waals surface area (Å²) in [7, 11) is 3.11. The second-order valence-electron chi connectivity index (χ2n) is 7.59. The average Bonchev–Trinajstić information content (AvgIpc) is 3.31. The average molecular weight is 456 g/mol. The molecule has 0 N–H and O–H groups in total. The maximum Gasteiger partial charge on any atom is 0.337 e. The lowest BCUT2D eigenvalue weighted by molar-refractivity contribution is -0.133. The summed E-state index contributed by atoms with van der Waals surface area (Å²) in [5, 5.41) is 0. The number of hydrogen-bond donors (Lipinski definition) is 0. The van der Waals surface area contributed by atoms with E-state index in [1.807, 2.05) is 6.07 Å². The van der Waals surface area contributed by atoms with Crippen molar-refractivity contribution in [3.8, 4) is 11.5 Å². The quantitative estimate of drug-likeness (QED) is 0.520. The molecule has 0 saturated carbocycles. The van der Waals surface area contributed by atoms with Gasteiger partial charge in [-0.1, -0.05) is 12.2 Å². The molecular weight excluding hydrogens is 428 g/mol. The molecular formula is C23H28N4O6. The number of carbonyl (C=O) groups excluding carboxylic acids is 1. The summed E-state index contributed by atoms with van der Waals surface area (Å²) in [5.74, 6) is 0.839. The van der Waals surface area contributed by atoms with Crippen molar-refractivity contribution in [1.82, 2.24) is 18.6 Å². The SMILES string of the molecule is C=CCn1c(=O)n(CC=C)c(=O)n(CC(=O)N2CCC[C@@H]2c2cc(OC)ccc2OC)c1=O. The van der Waals surface area contributed by atoms with Crippen LogP contribution < -0.4 is 26.5 Å². The highest BCUT2D eigenvalue weighted by molar-refractivity contribution is 5.77. The first-order chi connectivity index (χ1) is 15.9. The summed E-state index contributed by atoms with van der Waals surface area (Å²) >= 11 is 0. The Morgan fingerprint density at radius 1 is 1.00 bits per heavy atom. The van der Waals surface area contributed by atoms with Crippen molar-refractivity contribution in [3.63, 3.8) is 0 Å². The summed E-state index contributed by atoms with van der Waals surface area (Å²) in [6.45, 7) is 6.90. The van der Waals surface area contributed by atoms with Gasteiger partial charge >= 0.3 is 17.1 Å². The van der Waals surface area contributed by atoms with Gasteiger partial charge in [-0.15, -0.1) is 13.2 Å². The van der Waals surface area contributed by atoms with E-state index >= 15 is 0 Å². The van der Waals surface area contributed by atoms with Crippen LogP contribution in [-0.4, -0.2) is 45.3 Å². The number of ether oxygens (including phenoxy) is 2. The van der Waals surface area contributed by atoms with E-state index in [1.165, 1.54) is 12.2 Å². The molecule has 2 aromatic rings. The van der Waals surface area contributed by atoms with E-state index in [1.54, 1.807) is 31.3 Å². The number of likely N-dealkylation sites (tertiary alicyclic amines) is 1. The number of rotatable bonds is 9. The van der Waals surface area contributed by atoms with Gasteiger partial charge in [0, 0.05) is 12.1 Å². The molecule has 1 atom stereocenters. The van der Waals surface area contributed by atoms with Crippen molar-refractivity contribution in [2.24, 2.45) is 0 Å². The molecule has 176 valence electrons. The molecule has 2 heterocycles. The Morgan fingerprint density at radius 2 is 1.61 bits per heavy atom. The topological polar surface area (TPSA) is 105 Å². The lowest BCUT2D eigenvalue weighted by Gasteiger charge is -2.27. The highest BCUT2D eigenvalue weighted by Gasteiger charge is 2.33. The van der Waals surface area contributed by atoms with E-state index < -0.39 is 29.5 Å². The molecule has 1 saturated heterocycles. The lowest BCUT2D eigenvalue weighted by Crippen LogP contribution is -2.55. The van der Waals surface area contributed by atoms with Crippen LogP contribution in [0.4, 0.5) is 0 Å². The molecule has 33 heavy (non-hydrogen) atoms. The molecule has 0 bridgehead atoms. The second-order valence-corrected chi connectivity index (χ2v) is 7.59. The van der Waals surface area contributed by atoms with Crippen LogP contribution in [0.5, 0.6) is 11.5 Å². The van der Waals surface area contributed by atoms with Gasteiger partial charge in [-0.25, -0.2) is 28.1 Å². The third-order valence-corrected chi connectivity index (χ3v) is 5.67. The Hall–Kier alpha value is -3.82. The zero-order valence-electron chi connectivity index (χ0n) is 18.9. The number of allylic oxidation sites excluding steroid dienone is 2. The van der Waals surface area contributed by atoms with Crippen LogP contribution >= 0.6 is 0 Å². The van der Waals surface area contributed by atoms with Gasteiger partial charge in [-0.05, 0) is 31.0 Å². The van der Waals surface area contributed by atoms with Gasteiger partial charge in [0.05, 0.1) is 33.4 Å². The van der Waals surface area contributed by atoms with Crippen molar-refractivity contribution < 1.29 is 14.3 Å². The summed E-state index contributed by atoms with van der Waals surface area (Å²) in [5.41, 5.74) is -1.69. The van der Waals surface area contributed by atoms with E-state index in [0.717, 1.165) is 25.7 Å². The van der Waals surface area contributed by atoms with Gasteiger partial charge in [0.1, 0.15) is 18.0 Å². The zero-order chi connectivity index (χ0) is 24.1. The predicted molar refractivity (Wildman–Crippen MR) is 123 cm³/mol. The van der Waals surface area contributed by atoms with E-state index in [2.05, 4.69) is 13.2 Å². The van der Waals surface area contributed by atoms with E-state index in [-0.39, 0.29) is 19.1 Å². The molecule has 0 unspecified atom stereocenters. The third kappa shape index (κ3) is 4.55. The molecule has 1 aromatic carbocycles. The molecule has 1 aromatic heterocycles. The van der Waals surface area contributed by atoms with Crippen LogP contribution in [0.2, 0.25) is 0 Å². The Bertz CT molecular complexity index is 1190. The molecule has 0 spiro atoms. The van der Waals surface area contributed by atoms with Crippen molar-refractivity contribution in [2.45, 2.75) is 38.5 Å². The fourth-order valence-electron chi connectivity index (χ4n) is 4.10. The first-order valence-electron chi connectivity index (χ1n) is 10.6. The lowest BCUT2D eigenvalue weighted by atomic mass is 10.0. The number of amides is 1. The Morgan fingerprint density at radius 3 is 2.15 bits per heavy atom. The first kappa shape index (κ1) is 23.8. The molecule has 3 rings (SSSR count). The maximum absolute atomic E-state index is 13.3. The Labute approximate surface area is 190 Å². The highest BCUT2D eigenvalue weighted by Crippen LogP contribution is 2.38. The Kier molecular flexibility index (Phi) is 7.37. The highest BCUT2D eigenvalue weighted by atomic mass is 16.5. The van der Waals surface area contributed by atoms with E-state index in [4.69, 9.17) is 9.47 Å². The van der Waals surface area contributed by atoms with Gasteiger partial charge in [0.15, 0.2) is 0 Å². The molecule has 0 aliphatic carbocycles. The maximum atomic E-state index is 13.3. The second kappa shape index (κ2) is 10.2. The first-order valence-corrected chi connectivity index (χ1v) is 10.6. The molecule has 1 aliphatic rings. The molecule has 1 aliphatic heterocycles. The smallest absolute Gasteiger partial charge is 0.337 e. The minimum absolute atomic E-state index is 0.0867. The standard InChI is InChI=1S/C23H28N4O6/c1-5-11-25-21(29)26(12-6-2)23(31)27(22(25)30)15-20(28)24-13-7-8-18(24)17-14-16(32-3)9-10-19(17)33-4/h5-6,9-10,14,18H,1-2,7-8,11-13,15H2,3-4H3/t18-/m1/s1. The van der Waals surface area contributed by atoms with E-state index in [9.17, 15) is 19.2 Å². The molecule has 1 amide bonds. The number of methoxy groups -OCH3 is 2. The zero-order valence-corrected chi connectivity index (χ0v) is 18.9. The van der Waals surface area contributed by atoms with Crippen LogP contribution in [0.25, 0.3) is 0 Å². The van der Waals surface area contributed by atoms with Crippen molar-refractivity contribution in [1.29, 1.82) is 0 Å². The summed E-state index contributed by atoms with van der Waals surface area (Å²) < 4.78 is 13.3. The summed E-state index contributed by atoms with van der Waals surface area (Å²) in [6.07, 6.45) is 4.20. The largest absolute Gasteiger partial charge is 0.497 e. The molecule has 0 radical (unpaired) electrons. The molecule has 10 heteroatoms. The number of carbonyl (C=O) groups is 1. The van der Waals surface area contributed by atoms with Crippen LogP contribution in [0.3, 0.4) is 0 Å². The summed E-state index contributed by atoms with van der Waals surface area (Å²) in [6, 6.07) is 5.07. The van der Waals surface area contributed by atoms with Crippen LogP contribution in [0.15, 0.2) is 57.9 Å². The Balaban J connectivity index is 2.01. The van der Waals surface area contributed by atoms with Crippen molar-refractivity contribution in [3.05, 3.63) is 80.5 Å². The van der Waals surface area contributed by atoms with Gasteiger partial charge in [0.25, 0.3) is 0 Å². The van der Waals surface area contributed by atoms with Crippen LogP contribution in [0.1, 0.15) is 24.4 Å². The van der Waals surface area contributed by atoms with Crippen LogP contribution in [0, 0.1) is 0 Å². The van der Waals surface area contributed by atoms with E-state index in [0.29, 0.717) is 24.5 Å². The van der Waals surface area contributed by atoms with Gasteiger partial charge in [-0.2, -0.15) is 0 Å². The minimum Gasteiger partial charge on any atom is -0.497 e. The number of aromatic nitrogens is 3. The normalized spacial score (nSPS) is 15.3. The number of nitrogens with zero attached hydrogens (tertiary/aromatic N) is 4. The number of benzene rings is 1. The van der Waals surface area contributed by atoms with Gasteiger partial charge in [-0.3, -0.25) is 4.79 Å². The van der Waals surface area contributed by atoms with Gasteiger partial charge < -0.3 is 14.4 Å². The fourth-order valence-corrected chi connectivity index (χ4v) is 4.10. The molecule has 1 fully saturated rings. The summed E-state index contributed by atoms with van der Waals surface area (Å²) in [4.78, 5) is 53.2. The van der Waals surface area contributed by atoms with Crippen molar-refractivity contribution >= 4 is 5.91 Å².